The number of aromatic nitrogens is 2. The van der Waals surface area contributed by atoms with Crippen LogP contribution >= 0.6 is 0 Å². The van der Waals surface area contributed by atoms with Gasteiger partial charge in [0.15, 0.2) is 17.5 Å². The number of guanidine groups is 1. The molecule has 2 aromatic heterocycles. The Morgan fingerprint density at radius 3 is 2.60 bits per heavy atom. The second-order valence-electron chi connectivity index (χ2n) is 3.93. The summed E-state index contributed by atoms with van der Waals surface area (Å²) in [5, 5.41) is 0. The predicted molar refractivity (Wildman–Crippen MR) is 72.2 cm³/mol. The molecular weight excluding hydrogens is 263 g/mol. The zero-order valence-electron chi connectivity index (χ0n) is 10.7. The summed E-state index contributed by atoms with van der Waals surface area (Å²) >= 11 is 0. The monoisotopic (exact) mass is 276 g/mol. The van der Waals surface area contributed by atoms with E-state index in [1.165, 1.54) is 18.5 Å². The van der Waals surface area contributed by atoms with Crippen LogP contribution in [0.1, 0.15) is 17.2 Å². The van der Waals surface area contributed by atoms with Crippen molar-refractivity contribution in [2.24, 2.45) is 22.2 Å². The van der Waals surface area contributed by atoms with Crippen molar-refractivity contribution in [1.29, 1.82) is 0 Å². The maximum absolute atomic E-state index is 13.7. The molecule has 20 heavy (non-hydrogen) atoms. The summed E-state index contributed by atoms with van der Waals surface area (Å²) in [5.74, 6) is -0.194. The summed E-state index contributed by atoms with van der Waals surface area (Å²) in [6.45, 7) is 1.70. The van der Waals surface area contributed by atoms with Crippen molar-refractivity contribution in [2.75, 3.05) is 0 Å². The van der Waals surface area contributed by atoms with Gasteiger partial charge in [-0.3, -0.25) is 4.98 Å². The van der Waals surface area contributed by atoms with Gasteiger partial charge in [0.1, 0.15) is 5.76 Å². The molecule has 0 fully saturated rings. The number of pyridine rings is 1. The van der Waals surface area contributed by atoms with E-state index in [-0.39, 0.29) is 28.8 Å². The smallest absolute Gasteiger partial charge is 0.247 e. The second kappa shape index (κ2) is 5.39. The number of hydrogen-bond acceptors (Lipinski definition) is 5. The van der Waals surface area contributed by atoms with Gasteiger partial charge in [0.25, 0.3) is 0 Å². The molecule has 0 aliphatic rings. The minimum absolute atomic E-state index is 0.000139. The van der Waals surface area contributed by atoms with Gasteiger partial charge < -0.3 is 21.6 Å². The first-order valence-corrected chi connectivity index (χ1v) is 5.61. The van der Waals surface area contributed by atoms with E-state index < -0.39 is 5.82 Å². The van der Waals surface area contributed by atoms with Crippen molar-refractivity contribution in [1.82, 2.24) is 9.97 Å². The van der Waals surface area contributed by atoms with Crippen LogP contribution in [0.25, 0.3) is 11.4 Å². The van der Waals surface area contributed by atoms with Gasteiger partial charge in [0, 0.05) is 11.8 Å². The number of oxazole rings is 1. The Morgan fingerprint density at radius 2 is 2.05 bits per heavy atom. The van der Waals surface area contributed by atoms with E-state index in [1.54, 1.807) is 6.92 Å². The number of aliphatic imine (C=N–C) groups is 1. The van der Waals surface area contributed by atoms with E-state index in [0.29, 0.717) is 5.76 Å². The molecule has 0 saturated heterocycles. The molecule has 104 valence electrons. The van der Waals surface area contributed by atoms with Crippen LogP contribution < -0.4 is 17.2 Å². The lowest BCUT2D eigenvalue weighted by Crippen LogP contribution is -2.23. The maximum Gasteiger partial charge on any atom is 0.247 e. The third-order valence-electron chi connectivity index (χ3n) is 2.38. The van der Waals surface area contributed by atoms with Crippen molar-refractivity contribution in [3.05, 3.63) is 47.7 Å². The summed E-state index contributed by atoms with van der Waals surface area (Å²) in [5.41, 5.74) is 16.8. The van der Waals surface area contributed by atoms with E-state index in [4.69, 9.17) is 21.6 Å². The van der Waals surface area contributed by atoms with Crippen LogP contribution in [0.4, 0.5) is 4.39 Å². The molecular formula is C12H13FN6O. The molecule has 0 aliphatic carbocycles. The number of halogens is 1. The molecule has 0 atom stereocenters. The lowest BCUT2D eigenvalue weighted by molar-refractivity contribution is 0.512. The SMILES string of the molecule is Cc1cnc(/C(N=C(N)N)=C(/N)c2ccncc2F)o1. The zero-order chi connectivity index (χ0) is 14.7. The van der Waals surface area contributed by atoms with E-state index in [1.807, 2.05) is 0 Å². The van der Waals surface area contributed by atoms with E-state index in [9.17, 15) is 4.39 Å². The Labute approximate surface area is 114 Å². The first kappa shape index (κ1) is 13.5. The largest absolute Gasteiger partial charge is 0.440 e. The van der Waals surface area contributed by atoms with Crippen LogP contribution in [-0.4, -0.2) is 15.9 Å². The Bertz CT molecular complexity index is 687. The molecule has 0 aliphatic heterocycles. The average Bonchev–Trinajstić information content (AvgIpc) is 2.82. The quantitative estimate of drug-likeness (QED) is 0.555. The summed E-state index contributed by atoms with van der Waals surface area (Å²) in [7, 11) is 0. The predicted octanol–water partition coefficient (Wildman–Crippen LogP) is 0.575. The molecule has 0 radical (unpaired) electrons. The highest BCUT2D eigenvalue weighted by Crippen LogP contribution is 2.24. The molecule has 0 spiro atoms. The van der Waals surface area contributed by atoms with Crippen LogP contribution in [0, 0.1) is 12.7 Å². The molecule has 2 rings (SSSR count). The highest BCUT2D eigenvalue weighted by molar-refractivity contribution is 5.92. The highest BCUT2D eigenvalue weighted by Gasteiger charge is 2.16. The molecule has 2 heterocycles. The normalized spacial score (nSPS) is 11.9. The lowest BCUT2D eigenvalue weighted by atomic mass is 10.1. The fourth-order valence-electron chi connectivity index (χ4n) is 1.54. The molecule has 0 aromatic carbocycles. The number of rotatable bonds is 3. The molecule has 0 saturated carbocycles. The van der Waals surface area contributed by atoms with Gasteiger partial charge in [0.2, 0.25) is 5.89 Å². The first-order chi connectivity index (χ1) is 9.49. The van der Waals surface area contributed by atoms with Crippen molar-refractivity contribution in [3.63, 3.8) is 0 Å². The number of hydrogen-bond donors (Lipinski definition) is 3. The Hall–Kier alpha value is -2.90. The lowest BCUT2D eigenvalue weighted by Gasteiger charge is -2.06. The van der Waals surface area contributed by atoms with Crippen LogP contribution in [0.2, 0.25) is 0 Å². The zero-order valence-corrected chi connectivity index (χ0v) is 10.7. The van der Waals surface area contributed by atoms with Crippen LogP contribution in [0.5, 0.6) is 0 Å². The van der Waals surface area contributed by atoms with Gasteiger partial charge in [0.05, 0.1) is 18.1 Å². The molecule has 8 heteroatoms. The van der Waals surface area contributed by atoms with Gasteiger partial charge >= 0.3 is 0 Å². The molecule has 6 N–H and O–H groups in total. The second-order valence-corrected chi connectivity index (χ2v) is 3.93. The first-order valence-electron chi connectivity index (χ1n) is 5.61. The van der Waals surface area contributed by atoms with Crippen LogP contribution in [0.15, 0.2) is 34.1 Å². The highest BCUT2D eigenvalue weighted by atomic mass is 19.1. The Morgan fingerprint density at radius 1 is 1.30 bits per heavy atom. The van der Waals surface area contributed by atoms with E-state index >= 15 is 0 Å². The molecule has 2 aromatic rings. The third kappa shape index (κ3) is 2.74. The summed E-state index contributed by atoms with van der Waals surface area (Å²) in [4.78, 5) is 11.5. The topological polar surface area (TPSA) is 129 Å². The number of nitrogens with two attached hydrogens (primary N) is 3. The number of aryl methyl sites for hydroxylation is 1. The van der Waals surface area contributed by atoms with Crippen LogP contribution in [0.3, 0.4) is 0 Å². The Balaban J connectivity index is 2.64. The fraction of sp³-hybridized carbons (Fsp3) is 0.0833. The van der Waals surface area contributed by atoms with E-state index in [0.717, 1.165) is 6.20 Å². The summed E-state index contributed by atoms with van der Waals surface area (Å²) < 4.78 is 19.0. The summed E-state index contributed by atoms with van der Waals surface area (Å²) in [6, 6.07) is 1.41. The average molecular weight is 276 g/mol. The van der Waals surface area contributed by atoms with Crippen molar-refractivity contribution in [3.8, 4) is 0 Å². The van der Waals surface area contributed by atoms with Crippen molar-refractivity contribution in [2.45, 2.75) is 6.92 Å². The fourth-order valence-corrected chi connectivity index (χ4v) is 1.54. The van der Waals surface area contributed by atoms with E-state index in [2.05, 4.69) is 15.0 Å². The van der Waals surface area contributed by atoms with Gasteiger partial charge in [-0.15, -0.1) is 0 Å². The molecule has 0 amide bonds. The van der Waals surface area contributed by atoms with Crippen molar-refractivity contribution >= 4 is 17.4 Å². The summed E-state index contributed by atoms with van der Waals surface area (Å²) in [6.07, 6.45) is 3.92. The minimum Gasteiger partial charge on any atom is -0.440 e. The molecule has 0 bridgehead atoms. The van der Waals surface area contributed by atoms with Crippen LogP contribution in [-0.2, 0) is 0 Å². The minimum atomic E-state index is -0.600. The van der Waals surface area contributed by atoms with Crippen molar-refractivity contribution < 1.29 is 8.81 Å². The molecule has 0 unspecified atom stereocenters. The van der Waals surface area contributed by atoms with Gasteiger partial charge in [-0.05, 0) is 13.0 Å². The third-order valence-corrected chi connectivity index (χ3v) is 2.38. The standard InChI is InChI=1S/C12H13FN6O/c1-6-4-18-11(20-6)10(19-12(15)16)9(14)7-2-3-17-5-8(7)13/h2-5H,14H2,1H3,(H4,15,16,19)/b10-9-. The molecule has 7 nitrogen and oxygen atoms in total. The number of nitrogens with zero attached hydrogens (tertiary/aromatic N) is 3. The maximum atomic E-state index is 13.7. The van der Waals surface area contributed by atoms with Gasteiger partial charge in [-0.1, -0.05) is 0 Å². The van der Waals surface area contributed by atoms with Gasteiger partial charge in [-0.25, -0.2) is 14.4 Å². The Kier molecular flexibility index (Phi) is 3.65. The van der Waals surface area contributed by atoms with Gasteiger partial charge in [-0.2, -0.15) is 0 Å².